The summed E-state index contributed by atoms with van der Waals surface area (Å²) in [7, 11) is 4.15. The van der Waals surface area contributed by atoms with Crippen molar-refractivity contribution in [3.63, 3.8) is 0 Å². The molecule has 0 fully saturated rings. The number of nitro groups is 1. The molecule has 1 heterocycles. The molecular formula is C20H20BrN5O7. The summed E-state index contributed by atoms with van der Waals surface area (Å²) >= 11 is 3.34. The predicted octanol–water partition coefficient (Wildman–Crippen LogP) is 2.01. The molecule has 0 saturated carbocycles. The van der Waals surface area contributed by atoms with Gasteiger partial charge in [0.2, 0.25) is 0 Å². The Morgan fingerprint density at radius 1 is 1.33 bits per heavy atom. The number of ether oxygens (including phenoxy) is 3. The third kappa shape index (κ3) is 5.54. The molecule has 0 spiro atoms. The summed E-state index contributed by atoms with van der Waals surface area (Å²) in [6.07, 6.45) is 1.08. The molecule has 0 saturated heterocycles. The third-order valence-corrected chi connectivity index (χ3v) is 5.63. The van der Waals surface area contributed by atoms with Crippen LogP contribution in [0.3, 0.4) is 0 Å². The number of benzene rings is 1. The second-order valence-electron chi connectivity index (χ2n) is 6.51. The molecule has 1 N–H and O–H groups in total. The van der Waals surface area contributed by atoms with Gasteiger partial charge < -0.3 is 18.8 Å². The van der Waals surface area contributed by atoms with Crippen molar-refractivity contribution in [1.29, 1.82) is 5.26 Å². The number of carbonyl (C=O) groups is 1. The lowest BCUT2D eigenvalue weighted by Crippen LogP contribution is -2.33. The summed E-state index contributed by atoms with van der Waals surface area (Å²) in [5, 5.41) is 24.5. The molecule has 0 unspecified atom stereocenters. The van der Waals surface area contributed by atoms with Crippen LogP contribution >= 0.6 is 15.9 Å². The largest absolute Gasteiger partial charge is 0.493 e. The highest BCUT2D eigenvalue weighted by atomic mass is 79.9. The van der Waals surface area contributed by atoms with Gasteiger partial charge in [0.05, 0.1) is 43.6 Å². The molecule has 174 valence electrons. The van der Waals surface area contributed by atoms with E-state index in [0.717, 1.165) is 10.8 Å². The van der Waals surface area contributed by atoms with Crippen LogP contribution in [0.25, 0.3) is 0 Å². The number of methoxy groups -OCH3 is 3. The normalized spacial score (nSPS) is 10.7. The first-order valence-electron chi connectivity index (χ1n) is 9.23. The number of hydrogen-bond acceptors (Lipinski definition) is 9. The molecule has 0 aliphatic heterocycles. The van der Waals surface area contributed by atoms with Crippen LogP contribution in [-0.4, -0.2) is 42.9 Å². The van der Waals surface area contributed by atoms with Crippen LogP contribution in [0, 0.1) is 28.4 Å². The van der Waals surface area contributed by atoms with Crippen LogP contribution in [0.2, 0.25) is 0 Å². The maximum absolute atomic E-state index is 12.7. The summed E-state index contributed by atoms with van der Waals surface area (Å²) in [6, 6.07) is 4.35. The van der Waals surface area contributed by atoms with E-state index in [4.69, 9.17) is 14.2 Å². The van der Waals surface area contributed by atoms with E-state index < -0.39 is 22.9 Å². The van der Waals surface area contributed by atoms with E-state index in [-0.39, 0.29) is 34.9 Å². The number of rotatable bonds is 9. The number of hydrogen-bond donors (Lipinski definition) is 1. The predicted molar refractivity (Wildman–Crippen MR) is 121 cm³/mol. The molecule has 0 radical (unpaired) electrons. The first-order valence-corrected chi connectivity index (χ1v) is 10.0. The Kier molecular flexibility index (Phi) is 8.66. The second kappa shape index (κ2) is 11.2. The maximum atomic E-state index is 12.7. The van der Waals surface area contributed by atoms with E-state index >= 15 is 0 Å². The Hall–Kier alpha value is -3.76. The highest BCUT2D eigenvalue weighted by Gasteiger charge is 2.20. The van der Waals surface area contributed by atoms with Crippen molar-refractivity contribution in [3.8, 4) is 17.6 Å². The zero-order valence-electron chi connectivity index (χ0n) is 18.2. The van der Waals surface area contributed by atoms with Gasteiger partial charge in [-0.2, -0.15) is 10.4 Å². The van der Waals surface area contributed by atoms with Crippen molar-refractivity contribution in [2.75, 3.05) is 21.3 Å². The van der Waals surface area contributed by atoms with E-state index in [0.29, 0.717) is 15.7 Å². The standard InChI is InChI=1S/C20H20BrN5O7/c1-11-19(21)14(10-31-2)13(7-22)20(28)25(11)9-18(27)24-23-8-12-5-16(32-3)17(33-4)6-15(12)26(29)30/h5-6,8H,9-10H2,1-4H3,(H,24,27). The topological polar surface area (TPSA) is 158 Å². The number of amides is 1. The smallest absolute Gasteiger partial charge is 0.282 e. The molecule has 0 aliphatic carbocycles. The molecule has 13 heteroatoms. The molecule has 2 rings (SSSR count). The zero-order chi connectivity index (χ0) is 24.7. The fraction of sp³-hybridized carbons (Fsp3) is 0.300. The summed E-state index contributed by atoms with van der Waals surface area (Å²) < 4.78 is 16.8. The minimum Gasteiger partial charge on any atom is -0.493 e. The zero-order valence-corrected chi connectivity index (χ0v) is 19.8. The van der Waals surface area contributed by atoms with Gasteiger partial charge in [-0.15, -0.1) is 0 Å². The number of aromatic nitrogens is 1. The Bertz CT molecular complexity index is 1220. The molecular weight excluding hydrogens is 502 g/mol. The number of nitriles is 1. The van der Waals surface area contributed by atoms with E-state index in [2.05, 4.69) is 26.5 Å². The quantitative estimate of drug-likeness (QED) is 0.298. The van der Waals surface area contributed by atoms with Crippen LogP contribution in [0.4, 0.5) is 5.69 Å². The van der Waals surface area contributed by atoms with Gasteiger partial charge in [-0.1, -0.05) is 0 Å². The molecule has 1 aromatic carbocycles. The average molecular weight is 522 g/mol. The third-order valence-electron chi connectivity index (χ3n) is 4.57. The van der Waals surface area contributed by atoms with Crippen LogP contribution in [0.5, 0.6) is 11.5 Å². The Morgan fingerprint density at radius 3 is 2.52 bits per heavy atom. The van der Waals surface area contributed by atoms with E-state index in [1.54, 1.807) is 6.92 Å². The monoisotopic (exact) mass is 521 g/mol. The molecule has 33 heavy (non-hydrogen) atoms. The Balaban J connectivity index is 2.30. The number of nitrogens with one attached hydrogen (secondary N) is 1. The van der Waals surface area contributed by atoms with Gasteiger partial charge in [-0.25, -0.2) is 5.43 Å². The van der Waals surface area contributed by atoms with Crippen LogP contribution in [0.15, 0.2) is 26.5 Å². The van der Waals surface area contributed by atoms with Gasteiger partial charge in [0, 0.05) is 22.8 Å². The van der Waals surface area contributed by atoms with Gasteiger partial charge in [-0.05, 0) is 28.9 Å². The van der Waals surface area contributed by atoms with Gasteiger partial charge in [0.15, 0.2) is 11.5 Å². The fourth-order valence-electron chi connectivity index (χ4n) is 2.95. The second-order valence-corrected chi connectivity index (χ2v) is 7.30. The van der Waals surface area contributed by atoms with Crippen LogP contribution in [-0.2, 0) is 22.7 Å². The fourth-order valence-corrected chi connectivity index (χ4v) is 3.47. The summed E-state index contributed by atoms with van der Waals surface area (Å²) in [6.45, 7) is 1.22. The van der Waals surface area contributed by atoms with Crippen LogP contribution < -0.4 is 20.5 Å². The SMILES string of the molecule is COCc1c(Br)c(C)n(CC(=O)NN=Cc2cc(OC)c(OC)cc2[N+](=O)[O-])c(=O)c1C#N. The van der Waals surface area contributed by atoms with Gasteiger partial charge in [0.1, 0.15) is 18.2 Å². The van der Waals surface area contributed by atoms with Crippen molar-refractivity contribution < 1.29 is 23.9 Å². The lowest BCUT2D eigenvalue weighted by atomic mass is 10.1. The Labute approximate surface area is 196 Å². The number of hydrazone groups is 1. The van der Waals surface area contributed by atoms with Crippen LogP contribution in [0.1, 0.15) is 22.4 Å². The average Bonchev–Trinajstić information content (AvgIpc) is 2.79. The molecule has 2 aromatic rings. The number of halogens is 1. The molecule has 1 amide bonds. The van der Waals surface area contributed by atoms with Crippen molar-refractivity contribution in [1.82, 2.24) is 9.99 Å². The van der Waals surface area contributed by atoms with E-state index in [1.165, 1.54) is 33.5 Å². The highest BCUT2D eigenvalue weighted by Crippen LogP contribution is 2.33. The first-order chi connectivity index (χ1) is 15.7. The summed E-state index contributed by atoms with van der Waals surface area (Å²) in [5.74, 6) is -0.283. The summed E-state index contributed by atoms with van der Waals surface area (Å²) in [5.41, 5.74) is 1.97. The molecule has 0 bridgehead atoms. The molecule has 12 nitrogen and oxygen atoms in total. The minimum absolute atomic E-state index is 0.0426. The first kappa shape index (κ1) is 25.5. The molecule has 1 aromatic heterocycles. The lowest BCUT2D eigenvalue weighted by molar-refractivity contribution is -0.385. The van der Waals surface area contributed by atoms with Crippen molar-refractivity contribution in [2.45, 2.75) is 20.1 Å². The van der Waals surface area contributed by atoms with E-state index in [9.17, 15) is 25.0 Å². The van der Waals surface area contributed by atoms with Gasteiger partial charge >= 0.3 is 0 Å². The minimum atomic E-state index is -0.685. The number of pyridine rings is 1. The number of nitrogens with zero attached hydrogens (tertiary/aromatic N) is 4. The lowest BCUT2D eigenvalue weighted by Gasteiger charge is -2.15. The molecule has 0 atom stereocenters. The summed E-state index contributed by atoms with van der Waals surface area (Å²) in [4.78, 5) is 35.8. The molecule has 0 aliphatic rings. The number of carbonyl (C=O) groups excluding carboxylic acids is 1. The van der Waals surface area contributed by atoms with E-state index in [1.807, 2.05) is 6.07 Å². The van der Waals surface area contributed by atoms with Crippen molar-refractivity contribution in [3.05, 3.63) is 59.5 Å². The highest BCUT2D eigenvalue weighted by molar-refractivity contribution is 9.10. The van der Waals surface area contributed by atoms with Crippen molar-refractivity contribution >= 4 is 33.7 Å². The van der Waals surface area contributed by atoms with Gasteiger partial charge in [-0.3, -0.25) is 19.7 Å². The Morgan fingerprint density at radius 2 is 1.97 bits per heavy atom. The van der Waals surface area contributed by atoms with Gasteiger partial charge in [0.25, 0.3) is 17.2 Å². The number of nitro benzene ring substituents is 1. The van der Waals surface area contributed by atoms with Crippen molar-refractivity contribution in [2.24, 2.45) is 5.10 Å². The maximum Gasteiger partial charge on any atom is 0.282 e.